The largest absolute Gasteiger partial charge is 0.468 e. The Kier molecular flexibility index (Phi) is 6.90. The number of hydrogen-bond acceptors (Lipinski definition) is 4. The number of likely N-dealkylation sites (N-methyl/N-ethyl adjacent to an activating group) is 1. The molecule has 30 heavy (non-hydrogen) atoms. The van der Waals surface area contributed by atoms with Crippen LogP contribution in [0.2, 0.25) is 0 Å². The van der Waals surface area contributed by atoms with Crippen LogP contribution in [0, 0.1) is 20.8 Å². The van der Waals surface area contributed by atoms with Gasteiger partial charge < -0.3 is 9.73 Å². The molecule has 2 heterocycles. The Hall–Kier alpha value is -3.12. The van der Waals surface area contributed by atoms with E-state index in [1.54, 1.807) is 12.3 Å². The van der Waals surface area contributed by atoms with Crippen molar-refractivity contribution in [1.82, 2.24) is 20.0 Å². The van der Waals surface area contributed by atoms with Gasteiger partial charge in [0.2, 0.25) is 5.91 Å². The van der Waals surface area contributed by atoms with Gasteiger partial charge in [0.15, 0.2) is 0 Å². The van der Waals surface area contributed by atoms with Crippen LogP contribution in [0.1, 0.15) is 39.9 Å². The van der Waals surface area contributed by atoms with Gasteiger partial charge in [-0.05, 0) is 58.6 Å². The number of furan rings is 1. The van der Waals surface area contributed by atoms with Crippen molar-refractivity contribution >= 4 is 12.0 Å². The molecule has 0 aliphatic heterocycles. The molecule has 158 valence electrons. The monoisotopic (exact) mass is 406 g/mol. The van der Waals surface area contributed by atoms with Gasteiger partial charge in [-0.1, -0.05) is 29.8 Å². The van der Waals surface area contributed by atoms with E-state index >= 15 is 0 Å². The smallest absolute Gasteiger partial charge is 0.244 e. The van der Waals surface area contributed by atoms with E-state index in [4.69, 9.17) is 4.42 Å². The lowest BCUT2D eigenvalue weighted by Crippen LogP contribution is -2.33. The predicted molar refractivity (Wildman–Crippen MR) is 119 cm³/mol. The first-order valence-corrected chi connectivity index (χ1v) is 10.1. The van der Waals surface area contributed by atoms with Crippen LogP contribution in [0.3, 0.4) is 0 Å². The second-order valence-corrected chi connectivity index (χ2v) is 7.80. The van der Waals surface area contributed by atoms with E-state index in [9.17, 15) is 4.79 Å². The van der Waals surface area contributed by atoms with Crippen LogP contribution < -0.4 is 5.32 Å². The Bertz CT molecular complexity index is 999. The molecule has 0 bridgehead atoms. The molecular formula is C24H30N4O2. The summed E-state index contributed by atoms with van der Waals surface area (Å²) in [6.07, 6.45) is 5.06. The van der Waals surface area contributed by atoms with Gasteiger partial charge in [0.1, 0.15) is 5.76 Å². The fraction of sp³-hybridized carbons (Fsp3) is 0.333. The number of rotatable bonds is 8. The lowest BCUT2D eigenvalue weighted by Gasteiger charge is -2.22. The van der Waals surface area contributed by atoms with Crippen molar-refractivity contribution in [3.63, 3.8) is 0 Å². The van der Waals surface area contributed by atoms with Crippen molar-refractivity contribution in [2.45, 2.75) is 33.4 Å². The van der Waals surface area contributed by atoms with Gasteiger partial charge in [0, 0.05) is 23.9 Å². The highest BCUT2D eigenvalue weighted by Gasteiger charge is 2.17. The number of carbonyl (C=O) groups is 1. The summed E-state index contributed by atoms with van der Waals surface area (Å²) < 4.78 is 7.47. The summed E-state index contributed by atoms with van der Waals surface area (Å²) in [7, 11) is 3.93. The van der Waals surface area contributed by atoms with E-state index in [0.29, 0.717) is 13.1 Å². The molecule has 3 rings (SSSR count). The van der Waals surface area contributed by atoms with Crippen LogP contribution in [0.15, 0.2) is 53.2 Å². The second kappa shape index (κ2) is 9.59. The van der Waals surface area contributed by atoms with Crippen molar-refractivity contribution in [3.8, 4) is 0 Å². The maximum atomic E-state index is 12.4. The molecule has 1 aromatic carbocycles. The van der Waals surface area contributed by atoms with E-state index < -0.39 is 0 Å². The highest BCUT2D eigenvalue weighted by molar-refractivity contribution is 5.92. The fourth-order valence-electron chi connectivity index (χ4n) is 3.41. The maximum absolute atomic E-state index is 12.4. The van der Waals surface area contributed by atoms with Crippen molar-refractivity contribution in [3.05, 3.63) is 82.6 Å². The highest BCUT2D eigenvalue weighted by atomic mass is 16.3. The molecule has 1 N–H and O–H groups in total. The first-order chi connectivity index (χ1) is 14.3. The fourth-order valence-corrected chi connectivity index (χ4v) is 3.41. The van der Waals surface area contributed by atoms with E-state index in [-0.39, 0.29) is 11.9 Å². The highest BCUT2D eigenvalue weighted by Crippen LogP contribution is 2.18. The Morgan fingerprint density at radius 2 is 1.93 bits per heavy atom. The van der Waals surface area contributed by atoms with E-state index in [2.05, 4.69) is 41.6 Å². The molecule has 1 atom stereocenters. The van der Waals surface area contributed by atoms with Gasteiger partial charge in [-0.15, -0.1) is 0 Å². The zero-order chi connectivity index (χ0) is 21.7. The number of benzene rings is 1. The number of aryl methyl sites for hydroxylation is 2. The normalized spacial score (nSPS) is 12.6. The van der Waals surface area contributed by atoms with Crippen LogP contribution in [0.5, 0.6) is 0 Å². The van der Waals surface area contributed by atoms with Crippen LogP contribution in [-0.2, 0) is 11.3 Å². The van der Waals surface area contributed by atoms with Gasteiger partial charge >= 0.3 is 0 Å². The summed E-state index contributed by atoms with van der Waals surface area (Å²) in [5, 5.41) is 7.61. The minimum Gasteiger partial charge on any atom is -0.468 e. The van der Waals surface area contributed by atoms with E-state index in [1.807, 2.05) is 55.7 Å². The summed E-state index contributed by atoms with van der Waals surface area (Å²) in [6.45, 7) is 7.26. The third-order valence-electron chi connectivity index (χ3n) is 5.26. The number of nitrogens with one attached hydrogen (secondary N) is 1. The first-order valence-electron chi connectivity index (χ1n) is 10.1. The van der Waals surface area contributed by atoms with Crippen molar-refractivity contribution in [2.24, 2.45) is 0 Å². The number of nitrogens with zero attached hydrogens (tertiary/aromatic N) is 3. The average Bonchev–Trinajstić information content (AvgIpc) is 3.31. The molecule has 0 radical (unpaired) electrons. The van der Waals surface area contributed by atoms with E-state index in [1.165, 1.54) is 11.1 Å². The minimum atomic E-state index is -0.140. The quantitative estimate of drug-likeness (QED) is 0.577. The molecule has 1 amide bonds. The summed E-state index contributed by atoms with van der Waals surface area (Å²) >= 11 is 0. The van der Waals surface area contributed by atoms with E-state index in [0.717, 1.165) is 22.7 Å². The summed E-state index contributed by atoms with van der Waals surface area (Å²) in [5.74, 6) is 0.687. The van der Waals surface area contributed by atoms with Gasteiger partial charge in [-0.2, -0.15) is 5.10 Å². The molecule has 0 spiro atoms. The maximum Gasteiger partial charge on any atom is 0.244 e. The molecular weight excluding hydrogens is 376 g/mol. The Morgan fingerprint density at radius 1 is 1.20 bits per heavy atom. The molecule has 3 aromatic rings. The minimum absolute atomic E-state index is 0.0157. The molecule has 0 fully saturated rings. The van der Waals surface area contributed by atoms with Crippen LogP contribution in [0.4, 0.5) is 0 Å². The van der Waals surface area contributed by atoms with Crippen LogP contribution >= 0.6 is 0 Å². The molecule has 0 aliphatic carbocycles. The average molecular weight is 407 g/mol. The zero-order valence-corrected chi connectivity index (χ0v) is 18.3. The molecule has 2 aromatic heterocycles. The summed E-state index contributed by atoms with van der Waals surface area (Å²) in [4.78, 5) is 14.4. The third kappa shape index (κ3) is 5.27. The summed E-state index contributed by atoms with van der Waals surface area (Å²) in [5.41, 5.74) is 5.37. The molecule has 6 nitrogen and oxygen atoms in total. The first kappa shape index (κ1) is 21.6. The number of amides is 1. The second-order valence-electron chi connectivity index (χ2n) is 7.80. The molecule has 0 aliphatic rings. The standard InChI is InChI=1S/C24H30N4O2/c1-17-8-10-20(11-9-17)16-28-19(3)21(18(2)26-28)12-13-24(29)25-15-22(27(4)5)23-7-6-14-30-23/h6-14,22H,15-16H2,1-5H3,(H,25,29)/b13-12+. The van der Waals surface area contributed by atoms with Crippen molar-refractivity contribution in [1.29, 1.82) is 0 Å². The van der Waals surface area contributed by atoms with Crippen molar-refractivity contribution in [2.75, 3.05) is 20.6 Å². The molecule has 0 saturated carbocycles. The van der Waals surface area contributed by atoms with Gasteiger partial charge in [-0.3, -0.25) is 14.4 Å². The van der Waals surface area contributed by atoms with Gasteiger partial charge in [0.05, 0.1) is 24.5 Å². The topological polar surface area (TPSA) is 63.3 Å². The lowest BCUT2D eigenvalue weighted by atomic mass is 10.1. The summed E-state index contributed by atoms with van der Waals surface area (Å²) in [6, 6.07) is 12.2. The molecule has 1 unspecified atom stereocenters. The zero-order valence-electron chi connectivity index (χ0n) is 18.3. The van der Waals surface area contributed by atoms with Crippen molar-refractivity contribution < 1.29 is 9.21 Å². The Morgan fingerprint density at radius 3 is 2.57 bits per heavy atom. The molecule has 0 saturated heterocycles. The Labute approximate surface area is 178 Å². The molecule has 6 heteroatoms. The SMILES string of the molecule is Cc1ccc(Cn2nc(C)c(/C=C/C(=O)NCC(c3ccco3)N(C)C)c2C)cc1. The van der Waals surface area contributed by atoms with Crippen LogP contribution in [0.25, 0.3) is 6.08 Å². The number of carbonyl (C=O) groups excluding carboxylic acids is 1. The van der Waals surface area contributed by atoms with Crippen LogP contribution in [-0.4, -0.2) is 41.2 Å². The van der Waals surface area contributed by atoms with Gasteiger partial charge in [-0.25, -0.2) is 0 Å². The number of aromatic nitrogens is 2. The van der Waals surface area contributed by atoms with Gasteiger partial charge in [0.25, 0.3) is 0 Å². The Balaban J connectivity index is 1.64. The number of hydrogen-bond donors (Lipinski definition) is 1. The predicted octanol–water partition coefficient (Wildman–Crippen LogP) is 3.88. The lowest BCUT2D eigenvalue weighted by molar-refractivity contribution is -0.116. The third-order valence-corrected chi connectivity index (χ3v) is 5.26.